The zero-order valence-electron chi connectivity index (χ0n) is 7.64. The number of para-hydroxylation sites is 1. The first-order valence-electron chi connectivity index (χ1n) is 3.99. The van der Waals surface area contributed by atoms with Gasteiger partial charge in [0.15, 0.2) is 5.78 Å². The molecule has 5 nitrogen and oxygen atoms in total. The van der Waals surface area contributed by atoms with Crippen molar-refractivity contribution in [1.82, 2.24) is 0 Å². The summed E-state index contributed by atoms with van der Waals surface area (Å²) >= 11 is 0. The van der Waals surface area contributed by atoms with Crippen LogP contribution in [0.25, 0.3) is 10.4 Å². The Balaban J connectivity index is 3.01. The van der Waals surface area contributed by atoms with Gasteiger partial charge in [-0.25, -0.2) is 0 Å². The molecular weight excluding hydrogens is 182 g/mol. The Morgan fingerprint density at radius 2 is 2.36 bits per heavy atom. The molecule has 1 aromatic carbocycles. The van der Waals surface area contributed by atoms with E-state index in [9.17, 15) is 9.90 Å². The summed E-state index contributed by atoms with van der Waals surface area (Å²) in [6.07, 6.45) is 0. The number of benzene rings is 1. The van der Waals surface area contributed by atoms with E-state index >= 15 is 0 Å². The first-order valence-corrected chi connectivity index (χ1v) is 3.99. The van der Waals surface area contributed by atoms with Crippen molar-refractivity contribution < 1.29 is 9.90 Å². The smallest absolute Gasteiger partial charge is 0.172 e. The highest BCUT2D eigenvalue weighted by Gasteiger charge is 2.10. The van der Waals surface area contributed by atoms with Crippen LogP contribution in [-0.2, 0) is 0 Å². The zero-order chi connectivity index (χ0) is 10.6. The lowest BCUT2D eigenvalue weighted by Gasteiger charge is -2.03. The van der Waals surface area contributed by atoms with Crippen LogP contribution in [0.5, 0.6) is 5.75 Å². The van der Waals surface area contributed by atoms with Crippen LogP contribution in [0.3, 0.4) is 0 Å². The van der Waals surface area contributed by atoms with Crippen LogP contribution >= 0.6 is 0 Å². The fraction of sp³-hybridized carbons (Fsp3) is 0.222. The Labute approximate surface area is 80.6 Å². The summed E-state index contributed by atoms with van der Waals surface area (Å²) in [5, 5.41) is 12.7. The number of aromatic hydroxyl groups is 1. The Hall–Kier alpha value is -2.00. The summed E-state index contributed by atoms with van der Waals surface area (Å²) in [7, 11) is 0. The SMILES string of the molecule is Cc1cccc(C(=O)CN=[N+]=[N-])c1O. The van der Waals surface area contributed by atoms with Crippen molar-refractivity contribution in [3.8, 4) is 5.75 Å². The molecule has 0 aliphatic heterocycles. The van der Waals surface area contributed by atoms with Gasteiger partial charge in [0, 0.05) is 4.91 Å². The quantitative estimate of drug-likeness (QED) is 0.343. The summed E-state index contributed by atoms with van der Waals surface area (Å²) in [5.41, 5.74) is 8.84. The van der Waals surface area contributed by atoms with Crippen molar-refractivity contribution in [3.05, 3.63) is 39.8 Å². The van der Waals surface area contributed by atoms with Gasteiger partial charge in [0.25, 0.3) is 0 Å². The van der Waals surface area contributed by atoms with Crippen molar-refractivity contribution in [3.63, 3.8) is 0 Å². The van der Waals surface area contributed by atoms with Crippen LogP contribution in [0.4, 0.5) is 0 Å². The van der Waals surface area contributed by atoms with E-state index in [1.54, 1.807) is 19.1 Å². The Morgan fingerprint density at radius 3 is 3.00 bits per heavy atom. The van der Waals surface area contributed by atoms with Gasteiger partial charge >= 0.3 is 0 Å². The van der Waals surface area contributed by atoms with Crippen molar-refractivity contribution in [2.45, 2.75) is 6.92 Å². The second kappa shape index (κ2) is 4.30. The molecule has 0 aliphatic carbocycles. The molecule has 0 aromatic heterocycles. The minimum Gasteiger partial charge on any atom is -0.507 e. The Bertz CT molecular complexity index is 409. The third-order valence-electron chi connectivity index (χ3n) is 1.82. The number of carbonyl (C=O) groups excluding carboxylic acids is 1. The van der Waals surface area contributed by atoms with Crippen LogP contribution in [0, 0.1) is 6.92 Å². The van der Waals surface area contributed by atoms with E-state index in [0.717, 1.165) is 0 Å². The lowest BCUT2D eigenvalue weighted by Crippen LogP contribution is -2.03. The number of nitrogens with zero attached hydrogens (tertiary/aromatic N) is 3. The van der Waals surface area contributed by atoms with Gasteiger partial charge in [-0.2, -0.15) is 0 Å². The van der Waals surface area contributed by atoms with Gasteiger partial charge in [0.2, 0.25) is 0 Å². The maximum Gasteiger partial charge on any atom is 0.172 e. The van der Waals surface area contributed by atoms with E-state index in [1.165, 1.54) is 6.07 Å². The van der Waals surface area contributed by atoms with Crippen molar-refractivity contribution in [2.24, 2.45) is 5.11 Å². The number of Topliss-reactive ketones (excluding diaryl/α,β-unsaturated/α-hetero) is 1. The highest BCUT2D eigenvalue weighted by Crippen LogP contribution is 2.21. The summed E-state index contributed by atoms with van der Waals surface area (Å²) < 4.78 is 0. The number of ketones is 1. The monoisotopic (exact) mass is 191 g/mol. The maximum absolute atomic E-state index is 11.4. The molecule has 0 radical (unpaired) electrons. The molecule has 0 atom stereocenters. The van der Waals surface area contributed by atoms with Crippen LogP contribution in [0.1, 0.15) is 15.9 Å². The summed E-state index contributed by atoms with van der Waals surface area (Å²) in [6, 6.07) is 4.86. The molecule has 0 unspecified atom stereocenters. The molecule has 0 spiro atoms. The molecule has 5 heteroatoms. The Morgan fingerprint density at radius 1 is 1.64 bits per heavy atom. The summed E-state index contributed by atoms with van der Waals surface area (Å²) in [4.78, 5) is 13.8. The normalized spacial score (nSPS) is 9.21. The van der Waals surface area contributed by atoms with E-state index < -0.39 is 0 Å². The number of carbonyl (C=O) groups is 1. The first-order chi connectivity index (χ1) is 6.66. The summed E-state index contributed by atoms with van der Waals surface area (Å²) in [6.45, 7) is 1.42. The largest absolute Gasteiger partial charge is 0.507 e. The predicted molar refractivity (Wildman–Crippen MR) is 51.2 cm³/mol. The number of hydrogen-bond acceptors (Lipinski definition) is 3. The van der Waals surface area contributed by atoms with Gasteiger partial charge in [-0.3, -0.25) is 4.79 Å². The third-order valence-corrected chi connectivity index (χ3v) is 1.82. The minimum absolute atomic E-state index is 0.0503. The standard InChI is InChI=1S/C9H9N3O2/c1-6-3-2-4-7(9(6)14)8(13)5-11-12-10/h2-4,14H,5H2,1H3. The van der Waals surface area contributed by atoms with E-state index in [1.807, 2.05) is 0 Å². The summed E-state index contributed by atoms with van der Waals surface area (Å²) in [5.74, 6) is -0.436. The number of aryl methyl sites for hydroxylation is 1. The lowest BCUT2D eigenvalue weighted by molar-refractivity contribution is 0.0999. The van der Waals surface area contributed by atoms with Gasteiger partial charge in [-0.1, -0.05) is 17.2 Å². The number of hydrogen-bond donors (Lipinski definition) is 1. The van der Waals surface area contributed by atoms with E-state index in [-0.39, 0.29) is 23.6 Å². The molecule has 1 N–H and O–H groups in total. The molecule has 0 amide bonds. The molecule has 0 bridgehead atoms. The predicted octanol–water partition coefficient (Wildman–Crippen LogP) is 2.19. The maximum atomic E-state index is 11.4. The molecule has 1 rings (SSSR count). The van der Waals surface area contributed by atoms with E-state index in [2.05, 4.69) is 10.0 Å². The van der Waals surface area contributed by atoms with Crippen molar-refractivity contribution in [2.75, 3.05) is 6.54 Å². The van der Waals surface area contributed by atoms with Gasteiger partial charge in [0.05, 0.1) is 12.1 Å². The van der Waals surface area contributed by atoms with Gasteiger partial charge in [0.1, 0.15) is 5.75 Å². The molecule has 0 saturated heterocycles. The molecule has 1 aromatic rings. The first kappa shape index (κ1) is 10.1. The molecule has 0 fully saturated rings. The topological polar surface area (TPSA) is 86.1 Å². The molecule has 0 heterocycles. The molecule has 72 valence electrons. The average Bonchev–Trinajstić information content (AvgIpc) is 2.18. The zero-order valence-corrected chi connectivity index (χ0v) is 7.64. The fourth-order valence-electron chi connectivity index (χ4n) is 1.06. The lowest BCUT2D eigenvalue weighted by atomic mass is 10.1. The Kier molecular flexibility index (Phi) is 3.09. The van der Waals surface area contributed by atoms with Crippen LogP contribution in [0.15, 0.2) is 23.3 Å². The van der Waals surface area contributed by atoms with Crippen molar-refractivity contribution in [1.29, 1.82) is 0 Å². The molecule has 14 heavy (non-hydrogen) atoms. The highest BCUT2D eigenvalue weighted by atomic mass is 16.3. The highest BCUT2D eigenvalue weighted by molar-refractivity contribution is 6.00. The van der Waals surface area contributed by atoms with Crippen LogP contribution in [0.2, 0.25) is 0 Å². The minimum atomic E-state index is -0.385. The van der Waals surface area contributed by atoms with E-state index in [0.29, 0.717) is 5.56 Å². The van der Waals surface area contributed by atoms with Gasteiger partial charge in [-0.05, 0) is 24.1 Å². The van der Waals surface area contributed by atoms with E-state index in [4.69, 9.17) is 5.53 Å². The third kappa shape index (κ3) is 2.02. The van der Waals surface area contributed by atoms with Crippen LogP contribution < -0.4 is 0 Å². The number of phenols is 1. The second-order valence-corrected chi connectivity index (χ2v) is 2.78. The van der Waals surface area contributed by atoms with Crippen molar-refractivity contribution >= 4 is 5.78 Å². The van der Waals surface area contributed by atoms with Gasteiger partial charge < -0.3 is 5.11 Å². The number of phenolic OH excluding ortho intramolecular Hbond substituents is 1. The fourth-order valence-corrected chi connectivity index (χ4v) is 1.06. The molecular formula is C9H9N3O2. The average molecular weight is 191 g/mol. The van der Waals surface area contributed by atoms with Crippen LogP contribution in [-0.4, -0.2) is 17.4 Å². The number of rotatable bonds is 3. The molecule has 0 aliphatic rings. The second-order valence-electron chi connectivity index (χ2n) is 2.78. The van der Waals surface area contributed by atoms with Gasteiger partial charge in [-0.15, -0.1) is 0 Å². The molecule has 0 saturated carbocycles. The number of azide groups is 1.